The first-order valence-electron chi connectivity index (χ1n) is 14.6. The van der Waals surface area contributed by atoms with Gasteiger partial charge in [-0.05, 0) is 110 Å². The van der Waals surface area contributed by atoms with E-state index in [2.05, 4.69) is 107 Å². The number of rotatable bonds is 11. The molecular weight excluding hydrogens is 498 g/mol. The third-order valence-corrected chi connectivity index (χ3v) is 9.02. The Hall–Kier alpha value is -2.73. The van der Waals surface area contributed by atoms with Crippen LogP contribution in [0.1, 0.15) is 57.1 Å². The third-order valence-electron chi connectivity index (χ3n) is 7.86. The molecule has 0 unspecified atom stereocenters. The van der Waals surface area contributed by atoms with Gasteiger partial charge in [0, 0.05) is 55.5 Å². The molecule has 5 heteroatoms. The summed E-state index contributed by atoms with van der Waals surface area (Å²) in [4.78, 5) is 5.09. The maximum absolute atomic E-state index is 9.77. The molecule has 3 aliphatic rings. The summed E-state index contributed by atoms with van der Waals surface area (Å²) in [7, 11) is 0. The molecule has 39 heavy (non-hydrogen) atoms. The minimum Gasteiger partial charge on any atom is -0.396 e. The molecule has 4 nitrogen and oxygen atoms in total. The summed E-state index contributed by atoms with van der Waals surface area (Å²) in [6, 6.07) is 20.3. The van der Waals surface area contributed by atoms with Crippen LogP contribution in [0.2, 0.25) is 0 Å². The van der Waals surface area contributed by atoms with Crippen molar-refractivity contribution in [3.05, 3.63) is 101 Å². The molecule has 0 amide bonds. The Labute approximate surface area is 239 Å². The van der Waals surface area contributed by atoms with Crippen molar-refractivity contribution in [2.45, 2.75) is 57.2 Å². The molecule has 206 valence electrons. The second-order valence-electron chi connectivity index (χ2n) is 11.1. The van der Waals surface area contributed by atoms with Crippen LogP contribution < -0.4 is 4.72 Å². The molecule has 1 aliphatic heterocycles. The summed E-state index contributed by atoms with van der Waals surface area (Å²) < 4.78 is 3.53. The molecule has 0 atom stereocenters. The molecule has 1 heterocycles. The predicted molar refractivity (Wildman–Crippen MR) is 168 cm³/mol. The Bertz CT molecular complexity index is 1200. The molecule has 2 N–H and O–H groups in total. The molecule has 0 radical (unpaired) electrons. The molecule has 0 bridgehead atoms. The minimum absolute atomic E-state index is 0.191. The Morgan fingerprint density at radius 1 is 0.949 bits per heavy atom. The zero-order chi connectivity index (χ0) is 27.0. The third kappa shape index (κ3) is 7.47. The van der Waals surface area contributed by atoms with Crippen molar-refractivity contribution in [2.24, 2.45) is 0 Å². The van der Waals surface area contributed by atoms with Crippen LogP contribution in [0.15, 0.2) is 90.2 Å². The van der Waals surface area contributed by atoms with Crippen LogP contribution >= 0.6 is 11.9 Å². The molecule has 2 aliphatic carbocycles. The molecule has 1 saturated carbocycles. The first-order valence-corrected chi connectivity index (χ1v) is 15.5. The summed E-state index contributed by atoms with van der Waals surface area (Å²) in [6.07, 6.45) is 14.4. The van der Waals surface area contributed by atoms with Gasteiger partial charge >= 0.3 is 0 Å². The Morgan fingerprint density at radius 2 is 1.69 bits per heavy atom. The summed E-state index contributed by atoms with van der Waals surface area (Å²) >= 11 is 1.84. The first kappa shape index (κ1) is 27.8. The highest BCUT2D eigenvalue weighted by Crippen LogP contribution is 2.39. The lowest BCUT2D eigenvalue weighted by atomic mass is 9.85. The van der Waals surface area contributed by atoms with Gasteiger partial charge in [-0.15, -0.1) is 0 Å². The number of allylic oxidation sites excluding steroid dienone is 7. The summed E-state index contributed by atoms with van der Waals surface area (Å²) in [5.74, 6) is 0. The number of aliphatic hydroxyl groups is 1. The van der Waals surface area contributed by atoms with Crippen molar-refractivity contribution in [1.82, 2.24) is 9.80 Å². The van der Waals surface area contributed by atoms with Gasteiger partial charge < -0.3 is 14.7 Å². The molecule has 2 aromatic rings. The average Bonchev–Trinajstić information content (AvgIpc) is 3.83. The molecular formula is C34H43N3OS. The van der Waals surface area contributed by atoms with E-state index >= 15 is 0 Å². The molecule has 5 rings (SSSR count). The Balaban J connectivity index is 1.49. The molecule has 2 fully saturated rings. The highest BCUT2D eigenvalue weighted by atomic mass is 32.2. The fraction of sp³-hybridized carbons (Fsp3) is 0.412. The van der Waals surface area contributed by atoms with Crippen LogP contribution in [0.25, 0.3) is 11.1 Å². The smallest absolute Gasteiger partial charge is 0.0440 e. The summed E-state index contributed by atoms with van der Waals surface area (Å²) in [5.41, 5.74) is 8.85. The fourth-order valence-electron chi connectivity index (χ4n) is 5.41. The minimum atomic E-state index is 0.191. The quantitative estimate of drug-likeness (QED) is 0.229. The van der Waals surface area contributed by atoms with Gasteiger partial charge in [0.1, 0.15) is 0 Å². The van der Waals surface area contributed by atoms with Gasteiger partial charge in [0.2, 0.25) is 0 Å². The number of hydrogen-bond acceptors (Lipinski definition) is 5. The average molecular weight is 542 g/mol. The zero-order valence-electron chi connectivity index (χ0n) is 23.5. The van der Waals surface area contributed by atoms with Crippen molar-refractivity contribution in [1.29, 1.82) is 0 Å². The largest absolute Gasteiger partial charge is 0.396 e. The highest BCUT2D eigenvalue weighted by molar-refractivity contribution is 8.01. The lowest BCUT2D eigenvalue weighted by Crippen LogP contribution is -2.48. The maximum Gasteiger partial charge on any atom is 0.0440 e. The van der Waals surface area contributed by atoms with E-state index in [9.17, 15) is 5.11 Å². The van der Waals surface area contributed by atoms with Crippen LogP contribution in [0, 0.1) is 0 Å². The summed E-state index contributed by atoms with van der Waals surface area (Å²) in [5, 5.41) is 10.5. The van der Waals surface area contributed by atoms with E-state index in [0.29, 0.717) is 6.04 Å². The van der Waals surface area contributed by atoms with Gasteiger partial charge in [0.15, 0.2) is 0 Å². The number of benzene rings is 2. The first-order chi connectivity index (χ1) is 19.1. The number of anilines is 1. The molecule has 2 aromatic carbocycles. The Morgan fingerprint density at radius 3 is 2.36 bits per heavy atom. The van der Waals surface area contributed by atoms with Gasteiger partial charge in [0.25, 0.3) is 0 Å². The zero-order valence-corrected chi connectivity index (χ0v) is 24.3. The number of nitrogens with zero attached hydrogens (tertiary/aromatic N) is 2. The second kappa shape index (κ2) is 13.6. The Kier molecular flexibility index (Phi) is 9.67. The maximum atomic E-state index is 9.77. The lowest BCUT2D eigenvalue weighted by Gasteiger charge is -2.38. The summed E-state index contributed by atoms with van der Waals surface area (Å²) in [6.45, 7) is 9.14. The van der Waals surface area contributed by atoms with Gasteiger partial charge in [-0.25, -0.2) is 0 Å². The highest BCUT2D eigenvalue weighted by Gasteiger charge is 2.23. The van der Waals surface area contributed by atoms with Gasteiger partial charge in [-0.1, -0.05) is 54.6 Å². The van der Waals surface area contributed by atoms with Crippen LogP contribution in [0.3, 0.4) is 0 Å². The number of aliphatic hydroxyl groups excluding tert-OH is 1. The van der Waals surface area contributed by atoms with E-state index in [0.717, 1.165) is 56.4 Å². The van der Waals surface area contributed by atoms with Crippen LogP contribution in [0.5, 0.6) is 0 Å². The predicted octanol–water partition coefficient (Wildman–Crippen LogP) is 7.39. The van der Waals surface area contributed by atoms with E-state index in [4.69, 9.17) is 0 Å². The van der Waals surface area contributed by atoms with Crippen molar-refractivity contribution < 1.29 is 5.11 Å². The van der Waals surface area contributed by atoms with E-state index in [1.165, 1.54) is 46.4 Å². The number of nitrogens with one attached hydrogen (secondary N) is 1. The van der Waals surface area contributed by atoms with E-state index in [1.807, 2.05) is 11.9 Å². The topological polar surface area (TPSA) is 38.7 Å². The molecule has 1 saturated heterocycles. The lowest BCUT2D eigenvalue weighted by molar-refractivity contribution is 0.132. The van der Waals surface area contributed by atoms with Crippen LogP contribution in [-0.4, -0.2) is 59.0 Å². The number of piperazine rings is 1. The van der Waals surface area contributed by atoms with Gasteiger partial charge in [-0.3, -0.25) is 4.90 Å². The van der Waals surface area contributed by atoms with Crippen molar-refractivity contribution in [3.63, 3.8) is 0 Å². The normalized spacial score (nSPS) is 18.9. The fourth-order valence-corrected chi connectivity index (χ4v) is 6.22. The van der Waals surface area contributed by atoms with Crippen LogP contribution in [-0.2, 0) is 0 Å². The van der Waals surface area contributed by atoms with Crippen molar-refractivity contribution in [3.8, 4) is 0 Å². The van der Waals surface area contributed by atoms with E-state index < -0.39 is 0 Å². The second-order valence-corrected chi connectivity index (χ2v) is 12.2. The van der Waals surface area contributed by atoms with E-state index in [-0.39, 0.29) is 6.61 Å². The van der Waals surface area contributed by atoms with Gasteiger partial charge in [0.05, 0.1) is 0 Å². The van der Waals surface area contributed by atoms with Crippen molar-refractivity contribution in [2.75, 3.05) is 37.5 Å². The van der Waals surface area contributed by atoms with Crippen LogP contribution in [0.4, 0.5) is 5.69 Å². The monoisotopic (exact) mass is 541 g/mol. The molecule has 0 aromatic heterocycles. The standard InChI is InChI=1S/C34H43N3OS/c1-26(2)36-21-23-37(24-22-36)31-11-6-10-28(15-18-31)34(33(12-7-25-38)27-8-4-3-5-9-27)29-13-16-30(17-14-29)35-39-32-19-20-32/h3-6,8-9,11,13-18,26,32,35,38H,7,10,12,19-25H2,1-2H3/b34-33+. The van der Waals surface area contributed by atoms with Crippen molar-refractivity contribution >= 4 is 28.8 Å². The van der Waals surface area contributed by atoms with E-state index in [1.54, 1.807) is 0 Å². The van der Waals surface area contributed by atoms with Gasteiger partial charge in [-0.2, -0.15) is 0 Å². The number of hydrogen-bond donors (Lipinski definition) is 2. The SMILES string of the molecule is CC(C)N1CCN(C2=CC=C(/C(=C(/CCCO)c3ccccc3)c3ccc(NSC4CC4)cc3)CC=C2)CC1. The molecule has 0 spiro atoms.